The fraction of sp³-hybridized carbons (Fsp3) is 0.350. The third-order valence-corrected chi connectivity index (χ3v) is 7.12. The summed E-state index contributed by atoms with van der Waals surface area (Å²) in [5, 5.41) is 9.70. The molecule has 0 radical (unpaired) electrons. The number of sulfonamides is 1. The molecular formula is C20H21N3O4S. The summed E-state index contributed by atoms with van der Waals surface area (Å²) in [6.45, 7) is 3.75. The predicted molar refractivity (Wildman–Crippen MR) is 102 cm³/mol. The molecule has 8 heteroatoms. The molecule has 2 aliphatic rings. The molecule has 0 saturated carbocycles. The third-order valence-electron chi connectivity index (χ3n) is 5.23. The zero-order valence-electron chi connectivity index (χ0n) is 15.5. The molecule has 1 saturated heterocycles. The molecule has 0 spiro atoms. The number of rotatable bonds is 4. The number of piperazine rings is 1. The third kappa shape index (κ3) is 3.33. The summed E-state index contributed by atoms with van der Waals surface area (Å²) in [6, 6.07) is 14.5. The van der Waals surface area contributed by atoms with Crippen LogP contribution in [0.2, 0.25) is 0 Å². The average molecular weight is 399 g/mol. The number of benzene rings is 2. The zero-order valence-corrected chi connectivity index (χ0v) is 16.4. The van der Waals surface area contributed by atoms with Crippen LogP contribution in [-0.2, 0) is 10.0 Å². The van der Waals surface area contributed by atoms with Gasteiger partial charge in [-0.05, 0) is 30.2 Å². The monoisotopic (exact) mass is 399 g/mol. The van der Waals surface area contributed by atoms with Crippen LogP contribution in [0.5, 0.6) is 11.5 Å². The lowest BCUT2D eigenvalue weighted by Gasteiger charge is -2.36. The number of nitriles is 1. The minimum atomic E-state index is -3.62. The van der Waals surface area contributed by atoms with Gasteiger partial charge >= 0.3 is 0 Å². The van der Waals surface area contributed by atoms with E-state index in [4.69, 9.17) is 9.47 Å². The van der Waals surface area contributed by atoms with E-state index in [1.807, 2.05) is 36.1 Å². The van der Waals surface area contributed by atoms with Crippen molar-refractivity contribution in [3.8, 4) is 17.6 Å². The SMILES string of the molecule is Cc1ccccc1C(C#N)N1CCN(S(=O)(=O)c2ccc3c(c2)OCO3)CC1. The summed E-state index contributed by atoms with van der Waals surface area (Å²) in [7, 11) is -3.62. The first-order valence-corrected chi connectivity index (χ1v) is 10.5. The lowest BCUT2D eigenvalue weighted by Crippen LogP contribution is -2.49. The van der Waals surface area contributed by atoms with Gasteiger partial charge in [-0.15, -0.1) is 0 Å². The summed E-state index contributed by atoms with van der Waals surface area (Å²) in [6.07, 6.45) is 0. The first-order valence-electron chi connectivity index (χ1n) is 9.10. The number of ether oxygens (including phenoxy) is 2. The van der Waals surface area contributed by atoms with Gasteiger partial charge in [-0.1, -0.05) is 24.3 Å². The van der Waals surface area contributed by atoms with Crippen molar-refractivity contribution in [1.82, 2.24) is 9.21 Å². The van der Waals surface area contributed by atoms with Crippen LogP contribution in [0.25, 0.3) is 0 Å². The van der Waals surface area contributed by atoms with Gasteiger partial charge in [-0.3, -0.25) is 4.90 Å². The standard InChI is InChI=1S/C20H21N3O4S/c1-15-4-2-3-5-17(15)18(13-21)22-8-10-23(11-9-22)28(24,25)16-6-7-19-20(12-16)27-14-26-19/h2-7,12,18H,8-11,14H2,1H3. The molecule has 2 aliphatic heterocycles. The Morgan fingerprint density at radius 2 is 1.75 bits per heavy atom. The van der Waals surface area contributed by atoms with E-state index in [0.29, 0.717) is 37.7 Å². The summed E-state index contributed by atoms with van der Waals surface area (Å²) in [4.78, 5) is 2.23. The number of aryl methyl sites for hydroxylation is 1. The van der Waals surface area contributed by atoms with Crippen molar-refractivity contribution in [2.75, 3.05) is 33.0 Å². The highest BCUT2D eigenvalue weighted by Gasteiger charge is 2.32. The van der Waals surface area contributed by atoms with E-state index < -0.39 is 10.0 Å². The van der Waals surface area contributed by atoms with Gasteiger partial charge in [0.15, 0.2) is 11.5 Å². The molecule has 7 nitrogen and oxygen atoms in total. The van der Waals surface area contributed by atoms with E-state index in [2.05, 4.69) is 6.07 Å². The molecule has 0 amide bonds. The average Bonchev–Trinajstić information content (AvgIpc) is 3.18. The highest BCUT2D eigenvalue weighted by atomic mass is 32.2. The van der Waals surface area contributed by atoms with Crippen LogP contribution in [0.15, 0.2) is 47.4 Å². The van der Waals surface area contributed by atoms with Crippen LogP contribution in [0.1, 0.15) is 17.2 Å². The highest BCUT2D eigenvalue weighted by molar-refractivity contribution is 7.89. The molecule has 0 bridgehead atoms. The van der Waals surface area contributed by atoms with Gasteiger partial charge in [-0.2, -0.15) is 9.57 Å². The van der Waals surface area contributed by atoms with Crippen LogP contribution in [0, 0.1) is 18.3 Å². The lowest BCUT2D eigenvalue weighted by molar-refractivity contribution is 0.162. The van der Waals surface area contributed by atoms with Crippen molar-refractivity contribution in [3.63, 3.8) is 0 Å². The second-order valence-corrected chi connectivity index (χ2v) is 8.78. The second-order valence-electron chi connectivity index (χ2n) is 6.84. The Labute approximate surface area is 164 Å². The number of hydrogen-bond donors (Lipinski definition) is 0. The second kappa shape index (κ2) is 7.43. The van der Waals surface area contributed by atoms with Gasteiger partial charge < -0.3 is 9.47 Å². The van der Waals surface area contributed by atoms with E-state index in [0.717, 1.165) is 11.1 Å². The molecule has 146 valence electrons. The molecule has 2 aromatic rings. The normalized spacial score (nSPS) is 18.6. The fourth-order valence-corrected chi connectivity index (χ4v) is 5.07. The molecule has 0 N–H and O–H groups in total. The fourth-order valence-electron chi connectivity index (χ4n) is 3.63. The van der Waals surface area contributed by atoms with Crippen LogP contribution in [0.3, 0.4) is 0 Å². The summed E-state index contributed by atoms with van der Waals surface area (Å²) < 4.78 is 38.0. The Kier molecular flexibility index (Phi) is 4.98. The number of nitrogens with zero attached hydrogens (tertiary/aromatic N) is 3. The minimum Gasteiger partial charge on any atom is -0.454 e. The van der Waals surface area contributed by atoms with Gasteiger partial charge in [-0.25, -0.2) is 8.42 Å². The molecular weight excluding hydrogens is 378 g/mol. The summed E-state index contributed by atoms with van der Waals surface area (Å²) >= 11 is 0. The molecule has 1 unspecified atom stereocenters. The number of hydrogen-bond acceptors (Lipinski definition) is 6. The molecule has 0 aliphatic carbocycles. The topological polar surface area (TPSA) is 82.9 Å². The van der Waals surface area contributed by atoms with Crippen molar-refractivity contribution < 1.29 is 17.9 Å². The van der Waals surface area contributed by atoms with Crippen molar-refractivity contribution in [3.05, 3.63) is 53.6 Å². The van der Waals surface area contributed by atoms with Gasteiger partial charge in [0.1, 0.15) is 6.04 Å². The largest absolute Gasteiger partial charge is 0.454 e. The summed E-state index contributed by atoms with van der Waals surface area (Å²) in [5.74, 6) is 1.00. The molecule has 28 heavy (non-hydrogen) atoms. The van der Waals surface area contributed by atoms with E-state index >= 15 is 0 Å². The highest BCUT2D eigenvalue weighted by Crippen LogP contribution is 2.35. The molecule has 2 heterocycles. The van der Waals surface area contributed by atoms with E-state index in [-0.39, 0.29) is 17.7 Å². The zero-order chi connectivity index (χ0) is 19.7. The van der Waals surface area contributed by atoms with Gasteiger partial charge in [0.25, 0.3) is 0 Å². The van der Waals surface area contributed by atoms with Crippen LogP contribution in [0.4, 0.5) is 0 Å². The number of fused-ring (bicyclic) bond motifs is 1. The maximum atomic E-state index is 13.0. The van der Waals surface area contributed by atoms with Gasteiger partial charge in [0.05, 0.1) is 11.0 Å². The Morgan fingerprint density at radius 3 is 2.46 bits per heavy atom. The van der Waals surface area contributed by atoms with E-state index in [1.165, 1.54) is 10.4 Å². The van der Waals surface area contributed by atoms with E-state index in [1.54, 1.807) is 12.1 Å². The van der Waals surface area contributed by atoms with Crippen LogP contribution >= 0.6 is 0 Å². The van der Waals surface area contributed by atoms with Crippen molar-refractivity contribution in [1.29, 1.82) is 5.26 Å². The maximum Gasteiger partial charge on any atom is 0.243 e. The van der Waals surface area contributed by atoms with Crippen molar-refractivity contribution >= 4 is 10.0 Å². The Balaban J connectivity index is 1.49. The van der Waals surface area contributed by atoms with Crippen LogP contribution in [-0.4, -0.2) is 50.6 Å². The van der Waals surface area contributed by atoms with Crippen molar-refractivity contribution in [2.45, 2.75) is 17.9 Å². The molecule has 0 aromatic heterocycles. The molecule has 2 aromatic carbocycles. The Morgan fingerprint density at radius 1 is 1.04 bits per heavy atom. The first-order chi connectivity index (χ1) is 13.5. The predicted octanol–water partition coefficient (Wildman–Crippen LogP) is 2.29. The first kappa shape index (κ1) is 18.7. The maximum absolute atomic E-state index is 13.0. The molecule has 1 fully saturated rings. The van der Waals surface area contributed by atoms with E-state index in [9.17, 15) is 13.7 Å². The summed E-state index contributed by atoms with van der Waals surface area (Å²) in [5.41, 5.74) is 2.03. The lowest BCUT2D eigenvalue weighted by atomic mass is 10.0. The quantitative estimate of drug-likeness (QED) is 0.785. The minimum absolute atomic E-state index is 0.103. The smallest absolute Gasteiger partial charge is 0.243 e. The van der Waals surface area contributed by atoms with Crippen LogP contribution < -0.4 is 9.47 Å². The van der Waals surface area contributed by atoms with Gasteiger partial charge in [0, 0.05) is 32.2 Å². The Bertz CT molecular complexity index is 1020. The molecule has 1 atom stereocenters. The molecule has 4 rings (SSSR count). The van der Waals surface area contributed by atoms with Crippen molar-refractivity contribution in [2.24, 2.45) is 0 Å². The Hall–Kier alpha value is -2.60. The van der Waals surface area contributed by atoms with Gasteiger partial charge in [0.2, 0.25) is 16.8 Å².